The molecular formula is C15H15F3N2O3. The number of aryl methyl sites for hydroxylation is 1. The molecule has 1 aromatic carbocycles. The first-order chi connectivity index (χ1) is 10.6. The maximum atomic E-state index is 12.8. The molecule has 0 unspecified atom stereocenters. The van der Waals surface area contributed by atoms with Crippen LogP contribution >= 0.6 is 0 Å². The number of aliphatic carboxylic acids is 1. The first-order valence-electron chi connectivity index (χ1n) is 6.83. The molecule has 0 aliphatic carbocycles. The largest absolute Gasteiger partial charge is 0.480 e. The molecule has 0 aliphatic rings. The van der Waals surface area contributed by atoms with Gasteiger partial charge in [0, 0.05) is 24.5 Å². The van der Waals surface area contributed by atoms with Crippen molar-refractivity contribution in [3.05, 3.63) is 35.5 Å². The van der Waals surface area contributed by atoms with Crippen molar-refractivity contribution in [2.75, 3.05) is 13.1 Å². The summed E-state index contributed by atoms with van der Waals surface area (Å²) in [6.45, 7) is 1.34. The molecule has 1 heterocycles. The fourth-order valence-electron chi connectivity index (χ4n) is 2.38. The van der Waals surface area contributed by atoms with Crippen LogP contribution in [0.1, 0.15) is 23.0 Å². The molecule has 0 bridgehead atoms. The summed E-state index contributed by atoms with van der Waals surface area (Å²) in [6, 6.07) is 4.56. The van der Waals surface area contributed by atoms with Gasteiger partial charge in [-0.2, -0.15) is 13.2 Å². The Balaban J connectivity index is 2.47. The number of halogens is 3. The van der Waals surface area contributed by atoms with Crippen LogP contribution in [0.15, 0.2) is 24.3 Å². The number of aromatic nitrogens is 1. The minimum absolute atomic E-state index is 0.141. The Labute approximate surface area is 129 Å². The standard InChI is InChI=1S/C15H15F3N2O3/c1-3-20(8-13(21)22)14(23)12-7-9-6-10(15(16,17)18)4-5-11(9)19(12)2/h4-7H,3,8H2,1-2H3,(H,21,22). The molecule has 2 rings (SSSR count). The molecule has 0 saturated carbocycles. The van der Waals surface area contributed by atoms with E-state index in [1.807, 2.05) is 0 Å². The fourth-order valence-corrected chi connectivity index (χ4v) is 2.38. The fraction of sp³-hybridized carbons (Fsp3) is 0.333. The average Bonchev–Trinajstić information content (AvgIpc) is 2.79. The predicted molar refractivity (Wildman–Crippen MR) is 77.1 cm³/mol. The molecule has 124 valence electrons. The summed E-state index contributed by atoms with van der Waals surface area (Å²) in [6.07, 6.45) is -4.47. The van der Waals surface area contributed by atoms with Crippen LogP contribution in [0.25, 0.3) is 10.9 Å². The molecule has 8 heteroatoms. The normalized spacial score (nSPS) is 11.7. The Kier molecular flexibility index (Phi) is 4.35. The van der Waals surface area contributed by atoms with E-state index >= 15 is 0 Å². The van der Waals surface area contributed by atoms with Gasteiger partial charge in [-0.05, 0) is 31.2 Å². The third-order valence-electron chi connectivity index (χ3n) is 3.58. The predicted octanol–water partition coefficient (Wildman–Crippen LogP) is 2.74. The van der Waals surface area contributed by atoms with Crippen molar-refractivity contribution in [2.24, 2.45) is 7.05 Å². The summed E-state index contributed by atoms with van der Waals surface area (Å²) >= 11 is 0. The number of alkyl halides is 3. The summed E-state index contributed by atoms with van der Waals surface area (Å²) in [4.78, 5) is 24.3. The van der Waals surface area contributed by atoms with Crippen LogP contribution in [0.4, 0.5) is 13.2 Å². The second-order valence-corrected chi connectivity index (χ2v) is 5.07. The number of nitrogens with zero attached hydrogens (tertiary/aromatic N) is 2. The molecule has 1 amide bonds. The van der Waals surface area contributed by atoms with E-state index in [9.17, 15) is 22.8 Å². The number of fused-ring (bicyclic) bond motifs is 1. The van der Waals surface area contributed by atoms with Gasteiger partial charge in [-0.25, -0.2) is 0 Å². The molecule has 1 aromatic heterocycles. The van der Waals surface area contributed by atoms with E-state index in [1.165, 1.54) is 16.7 Å². The van der Waals surface area contributed by atoms with E-state index in [4.69, 9.17) is 5.11 Å². The molecule has 0 saturated heterocycles. The number of benzene rings is 1. The molecule has 5 nitrogen and oxygen atoms in total. The van der Waals surface area contributed by atoms with E-state index in [0.29, 0.717) is 5.52 Å². The van der Waals surface area contributed by atoms with Gasteiger partial charge < -0.3 is 14.6 Å². The quantitative estimate of drug-likeness (QED) is 0.939. The molecule has 0 fully saturated rings. The monoisotopic (exact) mass is 328 g/mol. The zero-order chi connectivity index (χ0) is 17.4. The Bertz CT molecular complexity index is 765. The first kappa shape index (κ1) is 16.9. The van der Waals surface area contributed by atoms with Gasteiger partial charge in [-0.3, -0.25) is 9.59 Å². The Hall–Kier alpha value is -2.51. The van der Waals surface area contributed by atoms with Crippen molar-refractivity contribution in [3.8, 4) is 0 Å². The lowest BCUT2D eigenvalue weighted by Gasteiger charge is -2.18. The summed E-state index contributed by atoms with van der Waals surface area (Å²) in [5.74, 6) is -1.69. The van der Waals surface area contributed by atoms with Crippen molar-refractivity contribution < 1.29 is 27.9 Å². The zero-order valence-corrected chi connectivity index (χ0v) is 12.5. The number of carboxylic acid groups (broad SMARTS) is 1. The van der Waals surface area contributed by atoms with Crippen molar-refractivity contribution in [1.29, 1.82) is 0 Å². The number of rotatable bonds is 4. The van der Waals surface area contributed by atoms with Crippen molar-refractivity contribution >= 4 is 22.8 Å². The van der Waals surface area contributed by atoms with Crippen LogP contribution in [-0.4, -0.2) is 39.5 Å². The maximum Gasteiger partial charge on any atom is 0.416 e. The van der Waals surface area contributed by atoms with Gasteiger partial charge in [0.25, 0.3) is 5.91 Å². The highest BCUT2D eigenvalue weighted by atomic mass is 19.4. The van der Waals surface area contributed by atoms with Gasteiger partial charge in [-0.15, -0.1) is 0 Å². The van der Waals surface area contributed by atoms with Crippen molar-refractivity contribution in [3.63, 3.8) is 0 Å². The van der Waals surface area contributed by atoms with E-state index in [0.717, 1.165) is 17.0 Å². The molecule has 0 atom stereocenters. The summed E-state index contributed by atoms with van der Waals surface area (Å²) in [5, 5.41) is 9.10. The topological polar surface area (TPSA) is 62.5 Å². The lowest BCUT2D eigenvalue weighted by molar-refractivity contribution is -0.138. The van der Waals surface area contributed by atoms with E-state index < -0.39 is 30.2 Å². The van der Waals surface area contributed by atoms with Gasteiger partial charge >= 0.3 is 12.1 Å². The van der Waals surface area contributed by atoms with Crippen molar-refractivity contribution in [2.45, 2.75) is 13.1 Å². The Morgan fingerprint density at radius 2 is 1.91 bits per heavy atom. The smallest absolute Gasteiger partial charge is 0.416 e. The van der Waals surface area contributed by atoms with Crippen LogP contribution in [0.3, 0.4) is 0 Å². The highest BCUT2D eigenvalue weighted by Crippen LogP contribution is 2.32. The molecule has 23 heavy (non-hydrogen) atoms. The van der Waals surface area contributed by atoms with Crippen LogP contribution in [0, 0.1) is 0 Å². The third-order valence-corrected chi connectivity index (χ3v) is 3.58. The second kappa shape index (κ2) is 5.94. The zero-order valence-electron chi connectivity index (χ0n) is 12.5. The number of carboxylic acids is 1. The lowest BCUT2D eigenvalue weighted by atomic mass is 10.1. The SMILES string of the molecule is CCN(CC(=O)O)C(=O)c1cc2cc(C(F)(F)F)ccc2n1C. The molecule has 1 N–H and O–H groups in total. The third kappa shape index (κ3) is 3.30. The van der Waals surface area contributed by atoms with Gasteiger partial charge in [0.1, 0.15) is 12.2 Å². The van der Waals surface area contributed by atoms with Gasteiger partial charge in [0.2, 0.25) is 0 Å². The summed E-state index contributed by atoms with van der Waals surface area (Å²) in [5.41, 5.74) is -0.192. The number of hydrogen-bond donors (Lipinski definition) is 1. The maximum absolute atomic E-state index is 12.8. The first-order valence-corrected chi connectivity index (χ1v) is 6.83. The van der Waals surface area contributed by atoms with Crippen molar-refractivity contribution in [1.82, 2.24) is 9.47 Å². The van der Waals surface area contributed by atoms with E-state index in [1.54, 1.807) is 14.0 Å². The number of carbonyl (C=O) groups excluding carboxylic acids is 1. The Morgan fingerprint density at radius 3 is 2.43 bits per heavy atom. The van der Waals surface area contributed by atoms with Gasteiger partial charge in [-0.1, -0.05) is 0 Å². The number of hydrogen-bond acceptors (Lipinski definition) is 2. The molecule has 0 radical (unpaired) electrons. The second-order valence-electron chi connectivity index (χ2n) is 5.07. The summed E-state index contributed by atoms with van der Waals surface area (Å²) < 4.78 is 39.7. The average molecular weight is 328 g/mol. The molecule has 0 spiro atoms. The molecular weight excluding hydrogens is 313 g/mol. The van der Waals surface area contributed by atoms with Gasteiger partial charge in [0.15, 0.2) is 0 Å². The highest BCUT2D eigenvalue weighted by molar-refractivity contribution is 5.99. The van der Waals surface area contributed by atoms with E-state index in [-0.39, 0.29) is 17.6 Å². The number of carbonyl (C=O) groups is 2. The minimum Gasteiger partial charge on any atom is -0.480 e. The number of amides is 1. The molecule has 0 aliphatic heterocycles. The van der Waals surface area contributed by atoms with E-state index in [2.05, 4.69) is 0 Å². The Morgan fingerprint density at radius 1 is 1.26 bits per heavy atom. The number of likely N-dealkylation sites (N-methyl/N-ethyl adjacent to an activating group) is 1. The lowest BCUT2D eigenvalue weighted by Crippen LogP contribution is -2.36. The van der Waals surface area contributed by atoms with Crippen LogP contribution in [0.2, 0.25) is 0 Å². The van der Waals surface area contributed by atoms with Crippen LogP contribution < -0.4 is 0 Å². The van der Waals surface area contributed by atoms with Crippen LogP contribution in [0.5, 0.6) is 0 Å². The van der Waals surface area contributed by atoms with Crippen LogP contribution in [-0.2, 0) is 18.0 Å². The highest BCUT2D eigenvalue weighted by Gasteiger charge is 2.31. The molecule has 2 aromatic rings. The van der Waals surface area contributed by atoms with Gasteiger partial charge in [0.05, 0.1) is 5.56 Å². The minimum atomic E-state index is -4.47. The summed E-state index contributed by atoms with van der Waals surface area (Å²) in [7, 11) is 1.55.